The van der Waals surface area contributed by atoms with Gasteiger partial charge in [0.05, 0.1) is 0 Å². The van der Waals surface area contributed by atoms with E-state index in [1.54, 1.807) is 0 Å². The number of hydrogen-bond acceptors (Lipinski definition) is 2. The third-order valence-corrected chi connectivity index (χ3v) is 2.90. The molecular formula is C14H23ClN2O. The summed E-state index contributed by atoms with van der Waals surface area (Å²) in [6.07, 6.45) is 2.38. The van der Waals surface area contributed by atoms with Gasteiger partial charge in [-0.15, -0.1) is 12.4 Å². The van der Waals surface area contributed by atoms with E-state index in [0.29, 0.717) is 25.4 Å². The van der Waals surface area contributed by atoms with Gasteiger partial charge in [0, 0.05) is 13.0 Å². The monoisotopic (exact) mass is 270 g/mol. The summed E-state index contributed by atoms with van der Waals surface area (Å²) in [7, 11) is 0. The zero-order valence-corrected chi connectivity index (χ0v) is 11.7. The molecule has 0 saturated carbocycles. The molecule has 0 bridgehead atoms. The van der Waals surface area contributed by atoms with Gasteiger partial charge in [-0.2, -0.15) is 0 Å². The fourth-order valence-electron chi connectivity index (χ4n) is 1.85. The maximum Gasteiger partial charge on any atom is 0.220 e. The van der Waals surface area contributed by atoms with Crippen molar-refractivity contribution in [3.63, 3.8) is 0 Å². The summed E-state index contributed by atoms with van der Waals surface area (Å²) in [4.78, 5) is 11.7. The molecular weight excluding hydrogens is 248 g/mol. The van der Waals surface area contributed by atoms with Crippen molar-refractivity contribution in [1.82, 2.24) is 5.32 Å². The third-order valence-electron chi connectivity index (χ3n) is 2.90. The first-order valence-electron chi connectivity index (χ1n) is 6.29. The summed E-state index contributed by atoms with van der Waals surface area (Å²) in [6, 6.07) is 10.2. The molecule has 3 N–H and O–H groups in total. The number of amides is 1. The first-order valence-corrected chi connectivity index (χ1v) is 6.29. The van der Waals surface area contributed by atoms with Crippen molar-refractivity contribution in [3.8, 4) is 0 Å². The lowest BCUT2D eigenvalue weighted by molar-refractivity contribution is -0.121. The Labute approximate surface area is 116 Å². The van der Waals surface area contributed by atoms with Gasteiger partial charge in [-0.05, 0) is 30.9 Å². The molecule has 4 heteroatoms. The van der Waals surface area contributed by atoms with Crippen molar-refractivity contribution >= 4 is 18.3 Å². The number of hydrogen-bond donors (Lipinski definition) is 2. The molecule has 0 heterocycles. The molecule has 0 fully saturated rings. The molecule has 1 amide bonds. The molecule has 1 atom stereocenters. The van der Waals surface area contributed by atoms with Gasteiger partial charge in [0.15, 0.2) is 0 Å². The molecule has 3 nitrogen and oxygen atoms in total. The maximum absolute atomic E-state index is 11.7. The maximum atomic E-state index is 11.7. The van der Waals surface area contributed by atoms with E-state index in [1.165, 1.54) is 5.56 Å². The van der Waals surface area contributed by atoms with Crippen molar-refractivity contribution < 1.29 is 4.79 Å². The second-order valence-corrected chi connectivity index (χ2v) is 4.21. The van der Waals surface area contributed by atoms with Gasteiger partial charge in [-0.3, -0.25) is 4.79 Å². The normalized spacial score (nSPS) is 11.4. The van der Waals surface area contributed by atoms with Crippen molar-refractivity contribution in [2.24, 2.45) is 5.73 Å². The average Bonchev–Trinajstić information content (AvgIpc) is 2.37. The van der Waals surface area contributed by atoms with Crippen molar-refractivity contribution in [3.05, 3.63) is 35.9 Å². The topological polar surface area (TPSA) is 55.1 Å². The Morgan fingerprint density at radius 3 is 2.56 bits per heavy atom. The predicted octanol–water partition coefficient (Wildman–Crippen LogP) is 2.46. The highest BCUT2D eigenvalue weighted by molar-refractivity contribution is 5.85. The van der Waals surface area contributed by atoms with E-state index < -0.39 is 0 Å². The van der Waals surface area contributed by atoms with E-state index >= 15 is 0 Å². The molecule has 0 aliphatic carbocycles. The van der Waals surface area contributed by atoms with Crippen molar-refractivity contribution in [2.75, 3.05) is 13.1 Å². The standard InChI is InChI=1S/C14H22N2O.ClH/c1-2-12(13-7-4-3-5-8-13)11-14(17)16-10-6-9-15;/h3-5,7-8,12H,2,6,9-11,15H2,1H3,(H,16,17);1H. The zero-order valence-electron chi connectivity index (χ0n) is 10.9. The van der Waals surface area contributed by atoms with Crippen molar-refractivity contribution in [1.29, 1.82) is 0 Å². The quantitative estimate of drug-likeness (QED) is 0.748. The Morgan fingerprint density at radius 2 is 2.00 bits per heavy atom. The molecule has 0 saturated heterocycles. The molecule has 1 aromatic carbocycles. The number of benzene rings is 1. The molecule has 102 valence electrons. The Kier molecular flexibility index (Phi) is 9.33. The van der Waals surface area contributed by atoms with Gasteiger partial charge in [-0.1, -0.05) is 37.3 Å². The van der Waals surface area contributed by atoms with Crippen LogP contribution in [0.1, 0.15) is 37.7 Å². The van der Waals surface area contributed by atoms with Gasteiger partial charge in [-0.25, -0.2) is 0 Å². The van der Waals surface area contributed by atoms with Crippen LogP contribution in [0.5, 0.6) is 0 Å². The third kappa shape index (κ3) is 6.03. The van der Waals surface area contributed by atoms with Crippen LogP contribution in [0.3, 0.4) is 0 Å². The van der Waals surface area contributed by atoms with Crippen LogP contribution in [0.15, 0.2) is 30.3 Å². The van der Waals surface area contributed by atoms with E-state index in [9.17, 15) is 4.79 Å². The van der Waals surface area contributed by atoms with Crippen LogP contribution in [-0.4, -0.2) is 19.0 Å². The van der Waals surface area contributed by atoms with Crippen LogP contribution >= 0.6 is 12.4 Å². The highest BCUT2D eigenvalue weighted by atomic mass is 35.5. The summed E-state index contributed by atoms with van der Waals surface area (Å²) in [5.74, 6) is 0.434. The molecule has 18 heavy (non-hydrogen) atoms. The molecule has 0 spiro atoms. The van der Waals surface area contributed by atoms with Crippen molar-refractivity contribution in [2.45, 2.75) is 32.1 Å². The summed E-state index contributed by atoms with van der Waals surface area (Å²) in [5.41, 5.74) is 6.62. The Hall–Kier alpha value is -1.06. The van der Waals surface area contributed by atoms with Crippen LogP contribution in [0.4, 0.5) is 0 Å². The van der Waals surface area contributed by atoms with Gasteiger partial charge in [0.1, 0.15) is 0 Å². The Morgan fingerprint density at radius 1 is 1.33 bits per heavy atom. The van der Waals surface area contributed by atoms with Gasteiger partial charge < -0.3 is 11.1 Å². The van der Waals surface area contributed by atoms with E-state index in [1.807, 2.05) is 18.2 Å². The molecule has 0 radical (unpaired) electrons. The number of carbonyl (C=O) groups is 1. The van der Waals surface area contributed by atoms with E-state index in [2.05, 4.69) is 24.4 Å². The molecule has 0 aliphatic heterocycles. The first kappa shape index (κ1) is 16.9. The molecule has 0 aromatic heterocycles. The van der Waals surface area contributed by atoms with Crippen LogP contribution in [0.2, 0.25) is 0 Å². The second kappa shape index (κ2) is 9.92. The summed E-state index contributed by atoms with van der Waals surface area (Å²) in [6.45, 7) is 3.42. The molecule has 1 rings (SSSR count). The van der Waals surface area contributed by atoms with Crippen LogP contribution in [0, 0.1) is 0 Å². The lowest BCUT2D eigenvalue weighted by Gasteiger charge is -2.14. The highest BCUT2D eigenvalue weighted by Gasteiger charge is 2.13. The summed E-state index contributed by atoms with van der Waals surface area (Å²) >= 11 is 0. The Balaban J connectivity index is 0.00000289. The minimum Gasteiger partial charge on any atom is -0.356 e. The molecule has 0 aliphatic rings. The SMILES string of the molecule is CCC(CC(=O)NCCCN)c1ccccc1.Cl. The highest BCUT2D eigenvalue weighted by Crippen LogP contribution is 2.22. The Bertz CT molecular complexity index is 330. The summed E-state index contributed by atoms with van der Waals surface area (Å²) < 4.78 is 0. The molecule has 1 unspecified atom stereocenters. The zero-order chi connectivity index (χ0) is 12.5. The molecule has 1 aromatic rings. The number of nitrogens with one attached hydrogen (secondary N) is 1. The predicted molar refractivity (Wildman–Crippen MR) is 78.0 cm³/mol. The lowest BCUT2D eigenvalue weighted by Crippen LogP contribution is -2.27. The van der Waals surface area contributed by atoms with Gasteiger partial charge in [0.25, 0.3) is 0 Å². The minimum atomic E-state index is 0. The van der Waals surface area contributed by atoms with E-state index in [-0.39, 0.29) is 18.3 Å². The lowest BCUT2D eigenvalue weighted by atomic mass is 9.93. The smallest absolute Gasteiger partial charge is 0.220 e. The van der Waals surface area contributed by atoms with Crippen LogP contribution < -0.4 is 11.1 Å². The number of carbonyl (C=O) groups excluding carboxylic acids is 1. The van der Waals surface area contributed by atoms with Gasteiger partial charge in [0.2, 0.25) is 5.91 Å². The summed E-state index contributed by atoms with van der Waals surface area (Å²) in [5, 5.41) is 2.90. The van der Waals surface area contributed by atoms with E-state index in [4.69, 9.17) is 5.73 Å². The van der Waals surface area contributed by atoms with E-state index in [0.717, 1.165) is 12.8 Å². The average molecular weight is 271 g/mol. The van der Waals surface area contributed by atoms with Crippen LogP contribution in [-0.2, 0) is 4.79 Å². The second-order valence-electron chi connectivity index (χ2n) is 4.21. The number of halogens is 1. The number of nitrogens with two attached hydrogens (primary N) is 1. The fourth-order valence-corrected chi connectivity index (χ4v) is 1.85. The van der Waals surface area contributed by atoms with Gasteiger partial charge >= 0.3 is 0 Å². The largest absolute Gasteiger partial charge is 0.356 e. The van der Waals surface area contributed by atoms with Crippen LogP contribution in [0.25, 0.3) is 0 Å². The number of rotatable bonds is 7. The fraction of sp³-hybridized carbons (Fsp3) is 0.500. The first-order chi connectivity index (χ1) is 8.27. The minimum absolute atomic E-state index is 0.